The maximum absolute atomic E-state index is 10.6. The van der Waals surface area contributed by atoms with Crippen molar-refractivity contribution in [1.29, 1.82) is 0 Å². The lowest BCUT2D eigenvalue weighted by Gasteiger charge is -2.09. The highest BCUT2D eigenvalue weighted by molar-refractivity contribution is 6.07. The quantitative estimate of drug-likeness (QED) is 0.614. The van der Waals surface area contributed by atoms with Crippen LogP contribution in [0.5, 0.6) is 5.75 Å². The van der Waals surface area contributed by atoms with E-state index < -0.39 is 12.1 Å². The number of unbranched alkanes of at least 4 members (excludes halogenated alkanes) is 1. The van der Waals surface area contributed by atoms with Crippen LogP contribution in [0, 0.1) is 0 Å². The number of aromatic nitrogens is 1. The van der Waals surface area contributed by atoms with Gasteiger partial charge in [0.1, 0.15) is 5.75 Å². The van der Waals surface area contributed by atoms with E-state index in [1.165, 1.54) is 17.7 Å². The zero-order valence-corrected chi connectivity index (χ0v) is 13.6. The molecule has 0 fully saturated rings. The van der Waals surface area contributed by atoms with E-state index in [4.69, 9.17) is 14.6 Å². The van der Waals surface area contributed by atoms with Crippen LogP contribution in [-0.2, 0) is 9.53 Å². The highest BCUT2D eigenvalue weighted by Gasteiger charge is 2.10. The Morgan fingerprint density at radius 3 is 2.67 bits per heavy atom. The largest absolute Gasteiger partial charge is 0.494 e. The molecule has 2 N–H and O–H groups in total. The summed E-state index contributed by atoms with van der Waals surface area (Å²) in [6.45, 7) is 2.54. The molecule has 2 aromatic carbocycles. The number of carboxylic acids is 1. The Morgan fingerprint density at radius 1 is 1.08 bits per heavy atom. The van der Waals surface area contributed by atoms with Crippen LogP contribution in [0.25, 0.3) is 21.8 Å². The average Bonchev–Trinajstić information content (AvgIpc) is 2.95. The van der Waals surface area contributed by atoms with Gasteiger partial charge in [-0.05, 0) is 38.0 Å². The lowest BCUT2D eigenvalue weighted by molar-refractivity contribution is -0.149. The third kappa shape index (κ3) is 3.68. The van der Waals surface area contributed by atoms with Crippen molar-refractivity contribution < 1.29 is 19.4 Å². The lowest BCUT2D eigenvalue weighted by Crippen LogP contribution is -2.20. The van der Waals surface area contributed by atoms with Gasteiger partial charge in [0, 0.05) is 29.0 Å². The van der Waals surface area contributed by atoms with Gasteiger partial charge >= 0.3 is 5.97 Å². The minimum Gasteiger partial charge on any atom is -0.494 e. The molecule has 0 aliphatic heterocycles. The molecule has 0 aliphatic carbocycles. The summed E-state index contributed by atoms with van der Waals surface area (Å²) in [5, 5.41) is 11.1. The number of benzene rings is 2. The first kappa shape index (κ1) is 16.3. The molecule has 0 saturated carbocycles. The van der Waals surface area contributed by atoms with E-state index in [0.717, 1.165) is 29.6 Å². The number of hydrogen-bond donors (Lipinski definition) is 2. The van der Waals surface area contributed by atoms with Crippen molar-refractivity contribution in [3.63, 3.8) is 0 Å². The van der Waals surface area contributed by atoms with Gasteiger partial charge in [0.2, 0.25) is 0 Å². The van der Waals surface area contributed by atoms with Crippen molar-refractivity contribution in [2.75, 3.05) is 13.2 Å². The number of ether oxygens (including phenoxy) is 2. The monoisotopic (exact) mass is 327 g/mol. The van der Waals surface area contributed by atoms with Gasteiger partial charge in [0.15, 0.2) is 6.10 Å². The van der Waals surface area contributed by atoms with Crippen molar-refractivity contribution in [2.24, 2.45) is 0 Å². The lowest BCUT2D eigenvalue weighted by atomic mass is 10.1. The maximum Gasteiger partial charge on any atom is 0.332 e. The molecule has 3 rings (SSSR count). The summed E-state index contributed by atoms with van der Waals surface area (Å²) >= 11 is 0. The van der Waals surface area contributed by atoms with Crippen LogP contribution >= 0.6 is 0 Å². The van der Waals surface area contributed by atoms with Crippen LogP contribution in [0.1, 0.15) is 19.8 Å². The minimum atomic E-state index is -0.933. The predicted octanol–water partition coefficient (Wildman–Crippen LogP) is 3.97. The van der Waals surface area contributed by atoms with Crippen LogP contribution in [0.4, 0.5) is 0 Å². The molecule has 1 atom stereocenters. The molecule has 24 heavy (non-hydrogen) atoms. The van der Waals surface area contributed by atoms with Crippen LogP contribution in [0.15, 0.2) is 42.5 Å². The second-order valence-corrected chi connectivity index (χ2v) is 5.78. The van der Waals surface area contributed by atoms with Crippen LogP contribution in [-0.4, -0.2) is 35.4 Å². The fraction of sp³-hybridized carbons (Fsp3) is 0.316. The summed E-state index contributed by atoms with van der Waals surface area (Å²) in [5.41, 5.74) is 2.18. The van der Waals surface area contributed by atoms with Crippen molar-refractivity contribution in [3.8, 4) is 5.75 Å². The Hall–Kier alpha value is -2.53. The summed E-state index contributed by atoms with van der Waals surface area (Å²) in [6, 6.07) is 14.3. The van der Waals surface area contributed by atoms with Gasteiger partial charge in [-0.2, -0.15) is 0 Å². The van der Waals surface area contributed by atoms with Crippen LogP contribution < -0.4 is 4.74 Å². The molecule has 0 aliphatic rings. The number of H-pyrrole nitrogens is 1. The van der Waals surface area contributed by atoms with Gasteiger partial charge in [0.25, 0.3) is 0 Å². The van der Waals surface area contributed by atoms with Crippen molar-refractivity contribution in [2.45, 2.75) is 25.9 Å². The molecule has 5 heteroatoms. The third-order valence-electron chi connectivity index (χ3n) is 4.00. The number of fused-ring (bicyclic) bond motifs is 3. The first-order valence-corrected chi connectivity index (χ1v) is 8.13. The summed E-state index contributed by atoms with van der Waals surface area (Å²) in [5.74, 6) is -0.105. The van der Waals surface area contributed by atoms with Gasteiger partial charge in [-0.25, -0.2) is 4.79 Å². The molecule has 1 heterocycles. The van der Waals surface area contributed by atoms with E-state index in [1.54, 1.807) is 0 Å². The second-order valence-electron chi connectivity index (χ2n) is 5.78. The van der Waals surface area contributed by atoms with E-state index in [-0.39, 0.29) is 0 Å². The number of carbonyl (C=O) groups is 1. The minimum absolute atomic E-state index is 0.428. The fourth-order valence-electron chi connectivity index (χ4n) is 2.65. The normalized spacial score (nSPS) is 12.5. The van der Waals surface area contributed by atoms with Gasteiger partial charge in [0.05, 0.1) is 12.1 Å². The predicted molar refractivity (Wildman–Crippen MR) is 93.6 cm³/mol. The number of carboxylic acid groups (broad SMARTS) is 1. The zero-order valence-electron chi connectivity index (χ0n) is 13.6. The highest BCUT2D eigenvalue weighted by Crippen LogP contribution is 2.28. The Bertz CT molecular complexity index is 840. The standard InChI is InChI=1S/C19H21NO4/c1-13(19(21)22)23-10-4-5-11-24-14-8-9-16-15-6-2-3-7-17(15)20-18(16)12-14/h2-3,6-9,12-13,20H,4-5,10-11H2,1H3,(H,21,22). The molecule has 126 valence electrons. The summed E-state index contributed by atoms with van der Waals surface area (Å²) < 4.78 is 11.0. The number of hydrogen-bond acceptors (Lipinski definition) is 3. The molecule has 5 nitrogen and oxygen atoms in total. The number of aliphatic carboxylic acids is 1. The fourth-order valence-corrected chi connectivity index (χ4v) is 2.65. The molecule has 0 amide bonds. The molecule has 0 saturated heterocycles. The number of nitrogens with one attached hydrogen (secondary N) is 1. The maximum atomic E-state index is 10.6. The molecule has 0 spiro atoms. The number of rotatable bonds is 8. The number of aromatic amines is 1. The van der Waals surface area contributed by atoms with Gasteiger partial charge in [-0.15, -0.1) is 0 Å². The van der Waals surface area contributed by atoms with Crippen molar-refractivity contribution in [1.82, 2.24) is 4.98 Å². The first-order chi connectivity index (χ1) is 11.6. The first-order valence-electron chi connectivity index (χ1n) is 8.13. The highest BCUT2D eigenvalue weighted by atomic mass is 16.5. The van der Waals surface area contributed by atoms with Gasteiger partial charge in [-0.3, -0.25) is 0 Å². The topological polar surface area (TPSA) is 71.5 Å². The molecule has 3 aromatic rings. The van der Waals surface area contributed by atoms with Crippen LogP contribution in [0.2, 0.25) is 0 Å². The molecule has 1 aromatic heterocycles. The smallest absolute Gasteiger partial charge is 0.332 e. The van der Waals surface area contributed by atoms with E-state index in [0.29, 0.717) is 13.2 Å². The van der Waals surface area contributed by atoms with E-state index in [1.807, 2.05) is 24.3 Å². The Labute approximate surface area is 140 Å². The second kappa shape index (κ2) is 7.36. The Balaban J connectivity index is 1.51. The van der Waals surface area contributed by atoms with Crippen molar-refractivity contribution in [3.05, 3.63) is 42.5 Å². The van der Waals surface area contributed by atoms with Crippen LogP contribution in [0.3, 0.4) is 0 Å². The summed E-state index contributed by atoms with van der Waals surface area (Å²) in [4.78, 5) is 14.0. The Kier molecular flexibility index (Phi) is 5.01. The van der Waals surface area contributed by atoms with E-state index in [2.05, 4.69) is 23.2 Å². The molecule has 1 unspecified atom stereocenters. The molecule has 0 bridgehead atoms. The molecule has 0 radical (unpaired) electrons. The third-order valence-corrected chi connectivity index (χ3v) is 4.00. The number of para-hydroxylation sites is 1. The summed E-state index contributed by atoms with van der Waals surface area (Å²) in [7, 11) is 0. The van der Waals surface area contributed by atoms with Gasteiger partial charge in [-0.1, -0.05) is 18.2 Å². The molecular formula is C19H21NO4. The SMILES string of the molecule is CC(OCCCCOc1ccc2c(c1)[nH]c1ccccc12)C(=O)O. The van der Waals surface area contributed by atoms with E-state index >= 15 is 0 Å². The average molecular weight is 327 g/mol. The van der Waals surface area contributed by atoms with Crippen molar-refractivity contribution >= 4 is 27.8 Å². The van der Waals surface area contributed by atoms with E-state index in [9.17, 15) is 4.79 Å². The zero-order chi connectivity index (χ0) is 16.9. The summed E-state index contributed by atoms with van der Waals surface area (Å²) in [6.07, 6.45) is 0.832. The van der Waals surface area contributed by atoms with Gasteiger partial charge < -0.3 is 19.6 Å². The Morgan fingerprint density at radius 2 is 1.83 bits per heavy atom. The molecular weight excluding hydrogens is 306 g/mol.